The molecule has 102 valence electrons. The number of hydrogen-bond acceptors (Lipinski definition) is 5. The zero-order valence-electron chi connectivity index (χ0n) is 11.8. The second-order valence-electron chi connectivity index (χ2n) is 6.19. The van der Waals surface area contributed by atoms with Gasteiger partial charge in [-0.25, -0.2) is 9.97 Å². The van der Waals surface area contributed by atoms with Crippen molar-refractivity contribution in [2.75, 3.05) is 13.2 Å². The molecule has 0 atom stereocenters. The van der Waals surface area contributed by atoms with E-state index in [1.807, 2.05) is 27.7 Å². The van der Waals surface area contributed by atoms with Crippen molar-refractivity contribution in [3.63, 3.8) is 0 Å². The maximum atomic E-state index is 6.07. The molecule has 0 unspecified atom stereocenters. The fourth-order valence-electron chi connectivity index (χ4n) is 2.24. The molecular weight excluding hydrogens is 243 g/mol. The van der Waals surface area contributed by atoms with Crippen LogP contribution in [0.25, 0.3) is 0 Å². The summed E-state index contributed by atoms with van der Waals surface area (Å²) < 4.78 is 17.4. The first-order valence-electron chi connectivity index (χ1n) is 6.64. The van der Waals surface area contributed by atoms with Crippen LogP contribution in [0.2, 0.25) is 0 Å². The summed E-state index contributed by atoms with van der Waals surface area (Å²) in [6.45, 7) is 9.60. The van der Waals surface area contributed by atoms with Crippen molar-refractivity contribution in [2.24, 2.45) is 0 Å². The molecule has 6 heteroatoms. The number of rotatable bonds is 2. The molecular formula is C13H19BN2O3. The third kappa shape index (κ3) is 2.08. The molecule has 0 radical (unpaired) electrons. The first-order valence-corrected chi connectivity index (χ1v) is 6.64. The zero-order valence-corrected chi connectivity index (χ0v) is 11.8. The molecule has 2 aliphatic rings. The number of nitrogens with zero attached hydrogens (tertiary/aromatic N) is 2. The molecule has 5 nitrogen and oxygen atoms in total. The average Bonchev–Trinajstić information content (AvgIpc) is 2.46. The molecule has 2 aliphatic heterocycles. The summed E-state index contributed by atoms with van der Waals surface area (Å²) in [5, 5.41) is 0. The lowest BCUT2D eigenvalue weighted by molar-refractivity contribution is 0.00578. The van der Waals surface area contributed by atoms with Crippen LogP contribution in [0.1, 0.15) is 39.3 Å². The molecule has 3 heterocycles. The Balaban J connectivity index is 1.91. The Hall–Kier alpha value is -0.975. The molecule has 0 amide bonds. The highest BCUT2D eigenvalue weighted by Crippen LogP contribution is 2.37. The summed E-state index contributed by atoms with van der Waals surface area (Å²) in [7, 11) is -0.401. The monoisotopic (exact) mass is 262 g/mol. The van der Waals surface area contributed by atoms with Crippen molar-refractivity contribution < 1.29 is 14.0 Å². The minimum absolute atomic E-state index is 0.331. The SMILES string of the molecule is CC1(C)OB(c2cncnc2C2COC2)OC1(C)C. The Labute approximate surface area is 113 Å². The van der Waals surface area contributed by atoms with E-state index in [4.69, 9.17) is 14.0 Å². The molecule has 0 N–H and O–H groups in total. The normalized spacial score (nSPS) is 25.4. The van der Waals surface area contributed by atoms with E-state index in [-0.39, 0.29) is 11.2 Å². The zero-order chi connectivity index (χ0) is 13.7. The van der Waals surface area contributed by atoms with Gasteiger partial charge in [0.25, 0.3) is 0 Å². The van der Waals surface area contributed by atoms with E-state index >= 15 is 0 Å². The average molecular weight is 262 g/mol. The molecule has 2 saturated heterocycles. The standard InChI is InChI=1S/C13H19BN2O3/c1-12(2)13(3,4)19-14(18-12)10-5-15-8-16-11(10)9-6-17-7-9/h5,8-9H,6-7H2,1-4H3. The first-order chi connectivity index (χ1) is 8.91. The van der Waals surface area contributed by atoms with Crippen LogP contribution in [0.5, 0.6) is 0 Å². The summed E-state index contributed by atoms with van der Waals surface area (Å²) in [5.41, 5.74) is 1.22. The van der Waals surface area contributed by atoms with Gasteiger partial charge in [-0.15, -0.1) is 0 Å². The quantitative estimate of drug-likeness (QED) is 0.741. The van der Waals surface area contributed by atoms with Crippen LogP contribution in [-0.4, -0.2) is 41.5 Å². The van der Waals surface area contributed by atoms with Crippen molar-refractivity contribution in [1.29, 1.82) is 0 Å². The first kappa shape index (κ1) is 13.0. The molecule has 1 aromatic heterocycles. The molecule has 1 aromatic rings. The summed E-state index contributed by atoms with van der Waals surface area (Å²) in [6, 6.07) is 0. The van der Waals surface area contributed by atoms with Crippen molar-refractivity contribution in [1.82, 2.24) is 9.97 Å². The minimum atomic E-state index is -0.401. The predicted octanol–water partition coefficient (Wildman–Crippen LogP) is 0.890. The molecule has 3 rings (SSSR count). The highest BCUT2D eigenvalue weighted by Gasteiger charge is 2.52. The van der Waals surface area contributed by atoms with Gasteiger partial charge in [0.1, 0.15) is 6.33 Å². The van der Waals surface area contributed by atoms with Crippen LogP contribution in [-0.2, 0) is 14.0 Å². The Morgan fingerprint density at radius 1 is 1.16 bits per heavy atom. The van der Waals surface area contributed by atoms with Gasteiger partial charge in [0.2, 0.25) is 0 Å². The number of hydrogen-bond donors (Lipinski definition) is 0. The highest BCUT2D eigenvalue weighted by molar-refractivity contribution is 6.62. The van der Waals surface area contributed by atoms with Gasteiger partial charge in [-0.2, -0.15) is 0 Å². The van der Waals surface area contributed by atoms with E-state index in [1.165, 1.54) is 0 Å². The fraction of sp³-hybridized carbons (Fsp3) is 0.692. The summed E-state index contributed by atoms with van der Waals surface area (Å²) in [5.74, 6) is 0.331. The Kier molecular flexibility index (Phi) is 2.92. The maximum absolute atomic E-state index is 6.07. The fourth-order valence-corrected chi connectivity index (χ4v) is 2.24. The number of aromatic nitrogens is 2. The third-order valence-corrected chi connectivity index (χ3v) is 4.30. The van der Waals surface area contributed by atoms with Gasteiger partial charge in [-0.1, -0.05) is 0 Å². The second kappa shape index (κ2) is 4.26. The van der Waals surface area contributed by atoms with E-state index in [9.17, 15) is 0 Å². The van der Waals surface area contributed by atoms with Crippen molar-refractivity contribution >= 4 is 12.6 Å². The predicted molar refractivity (Wildman–Crippen MR) is 71.3 cm³/mol. The van der Waals surface area contributed by atoms with Crippen molar-refractivity contribution in [3.8, 4) is 0 Å². The lowest BCUT2D eigenvalue weighted by atomic mass is 9.76. The smallest absolute Gasteiger partial charge is 0.399 e. The van der Waals surface area contributed by atoms with Gasteiger partial charge >= 0.3 is 7.12 Å². The molecule has 0 bridgehead atoms. The molecule has 0 spiro atoms. The van der Waals surface area contributed by atoms with Gasteiger partial charge in [0.15, 0.2) is 0 Å². The Morgan fingerprint density at radius 2 is 1.79 bits per heavy atom. The van der Waals surface area contributed by atoms with Crippen LogP contribution in [0.4, 0.5) is 0 Å². The molecule has 0 aliphatic carbocycles. The van der Waals surface area contributed by atoms with Crippen LogP contribution in [0.15, 0.2) is 12.5 Å². The third-order valence-electron chi connectivity index (χ3n) is 4.30. The Bertz CT molecular complexity index is 473. The van der Waals surface area contributed by atoms with Crippen molar-refractivity contribution in [2.45, 2.75) is 44.8 Å². The van der Waals surface area contributed by atoms with Crippen LogP contribution in [0.3, 0.4) is 0 Å². The minimum Gasteiger partial charge on any atom is -0.399 e. The maximum Gasteiger partial charge on any atom is 0.498 e. The van der Waals surface area contributed by atoms with Crippen LogP contribution < -0.4 is 5.46 Å². The topological polar surface area (TPSA) is 53.5 Å². The lowest BCUT2D eigenvalue weighted by Crippen LogP contribution is -2.41. The lowest BCUT2D eigenvalue weighted by Gasteiger charge is -2.32. The highest BCUT2D eigenvalue weighted by atomic mass is 16.7. The summed E-state index contributed by atoms with van der Waals surface area (Å²) in [6.07, 6.45) is 3.37. The largest absolute Gasteiger partial charge is 0.498 e. The molecule has 0 saturated carbocycles. The van der Waals surface area contributed by atoms with E-state index in [0.29, 0.717) is 19.1 Å². The van der Waals surface area contributed by atoms with E-state index < -0.39 is 7.12 Å². The molecule has 0 aromatic carbocycles. The van der Waals surface area contributed by atoms with E-state index in [2.05, 4.69) is 9.97 Å². The summed E-state index contributed by atoms with van der Waals surface area (Å²) in [4.78, 5) is 8.50. The van der Waals surface area contributed by atoms with Gasteiger partial charge in [-0.05, 0) is 27.7 Å². The van der Waals surface area contributed by atoms with Crippen LogP contribution >= 0.6 is 0 Å². The van der Waals surface area contributed by atoms with Crippen molar-refractivity contribution in [3.05, 3.63) is 18.2 Å². The van der Waals surface area contributed by atoms with E-state index in [1.54, 1.807) is 12.5 Å². The summed E-state index contributed by atoms with van der Waals surface area (Å²) >= 11 is 0. The van der Waals surface area contributed by atoms with Gasteiger partial charge in [0, 0.05) is 17.6 Å². The van der Waals surface area contributed by atoms with Gasteiger partial charge < -0.3 is 14.0 Å². The number of ether oxygens (including phenoxy) is 1. The van der Waals surface area contributed by atoms with Crippen LogP contribution in [0, 0.1) is 0 Å². The Morgan fingerprint density at radius 3 is 2.32 bits per heavy atom. The molecule has 2 fully saturated rings. The van der Waals surface area contributed by atoms with E-state index in [0.717, 1.165) is 11.2 Å². The van der Waals surface area contributed by atoms with Gasteiger partial charge in [0.05, 0.1) is 30.1 Å². The molecule has 19 heavy (non-hydrogen) atoms. The second-order valence-corrected chi connectivity index (χ2v) is 6.19. The van der Waals surface area contributed by atoms with Gasteiger partial charge in [-0.3, -0.25) is 0 Å².